The van der Waals surface area contributed by atoms with Crippen molar-refractivity contribution in [3.05, 3.63) is 38.4 Å². The molecular formula is C16H19NO3S. The Morgan fingerprint density at radius 2 is 2.14 bits per heavy atom. The Kier molecular flexibility index (Phi) is 4.10. The zero-order chi connectivity index (χ0) is 14.8. The SMILES string of the molecule is Cc1noc(C)c1COC(=O)c1cc2c(s1)CCCCC2. The lowest BCUT2D eigenvalue weighted by molar-refractivity contribution is 0.0476. The van der Waals surface area contributed by atoms with Crippen molar-refractivity contribution in [2.24, 2.45) is 0 Å². The van der Waals surface area contributed by atoms with Gasteiger partial charge in [0, 0.05) is 4.88 Å². The maximum atomic E-state index is 12.2. The summed E-state index contributed by atoms with van der Waals surface area (Å²) >= 11 is 1.59. The molecule has 1 aliphatic carbocycles. The first-order valence-corrected chi connectivity index (χ1v) is 8.17. The van der Waals surface area contributed by atoms with E-state index in [-0.39, 0.29) is 12.6 Å². The van der Waals surface area contributed by atoms with Crippen LogP contribution in [0.4, 0.5) is 0 Å². The van der Waals surface area contributed by atoms with Crippen LogP contribution in [0.25, 0.3) is 0 Å². The summed E-state index contributed by atoms with van der Waals surface area (Å²) in [6.07, 6.45) is 5.91. The summed E-state index contributed by atoms with van der Waals surface area (Å²) in [5, 5.41) is 3.87. The van der Waals surface area contributed by atoms with Crippen LogP contribution in [-0.2, 0) is 24.2 Å². The lowest BCUT2D eigenvalue weighted by Gasteiger charge is -2.02. The lowest BCUT2D eigenvalue weighted by atomic mass is 10.1. The number of rotatable bonds is 3. The van der Waals surface area contributed by atoms with Gasteiger partial charge in [0.2, 0.25) is 0 Å². The number of ether oxygens (including phenoxy) is 1. The standard InChI is InChI=1S/C16H19NO3S/c1-10-13(11(2)20-17-10)9-19-16(18)15-8-12-6-4-3-5-7-14(12)21-15/h8H,3-7,9H2,1-2H3. The Balaban J connectivity index is 1.68. The number of carbonyl (C=O) groups is 1. The second-order valence-electron chi connectivity index (χ2n) is 5.50. The van der Waals surface area contributed by atoms with Crippen LogP contribution < -0.4 is 0 Å². The number of aromatic nitrogens is 1. The zero-order valence-corrected chi connectivity index (χ0v) is 13.2. The summed E-state index contributed by atoms with van der Waals surface area (Å²) in [6.45, 7) is 3.91. The van der Waals surface area contributed by atoms with Crippen molar-refractivity contribution < 1.29 is 14.1 Å². The first kappa shape index (κ1) is 14.3. The third-order valence-electron chi connectivity index (χ3n) is 3.98. The van der Waals surface area contributed by atoms with Gasteiger partial charge in [-0.25, -0.2) is 4.79 Å². The van der Waals surface area contributed by atoms with E-state index in [1.807, 2.05) is 19.9 Å². The van der Waals surface area contributed by atoms with Crippen LogP contribution in [0.3, 0.4) is 0 Å². The van der Waals surface area contributed by atoms with Crippen molar-refractivity contribution in [3.63, 3.8) is 0 Å². The number of fused-ring (bicyclic) bond motifs is 1. The minimum atomic E-state index is -0.243. The van der Waals surface area contributed by atoms with Crippen LogP contribution in [0.1, 0.15) is 56.4 Å². The Hall–Kier alpha value is -1.62. The average molecular weight is 305 g/mol. The predicted octanol–water partition coefficient (Wildman–Crippen LogP) is 3.98. The molecule has 0 saturated carbocycles. The van der Waals surface area contributed by atoms with E-state index >= 15 is 0 Å². The molecule has 0 fully saturated rings. The summed E-state index contributed by atoms with van der Waals surface area (Å²) in [4.78, 5) is 14.3. The molecular weight excluding hydrogens is 286 g/mol. The Morgan fingerprint density at radius 3 is 2.90 bits per heavy atom. The summed E-state index contributed by atoms with van der Waals surface area (Å²) < 4.78 is 10.5. The zero-order valence-electron chi connectivity index (χ0n) is 12.4. The average Bonchev–Trinajstić information content (AvgIpc) is 2.94. The van der Waals surface area contributed by atoms with E-state index in [0.717, 1.165) is 24.1 Å². The summed E-state index contributed by atoms with van der Waals surface area (Å²) in [7, 11) is 0. The highest BCUT2D eigenvalue weighted by atomic mass is 32.1. The van der Waals surface area contributed by atoms with Crippen LogP contribution in [0.2, 0.25) is 0 Å². The summed E-state index contributed by atoms with van der Waals surface area (Å²) in [5.41, 5.74) is 2.98. The molecule has 3 rings (SSSR count). The first-order chi connectivity index (χ1) is 10.1. The molecule has 0 N–H and O–H groups in total. The molecule has 0 bridgehead atoms. The van der Waals surface area contributed by atoms with Crippen LogP contribution in [-0.4, -0.2) is 11.1 Å². The molecule has 112 valence electrons. The van der Waals surface area contributed by atoms with Gasteiger partial charge in [-0.3, -0.25) is 0 Å². The van der Waals surface area contributed by atoms with Gasteiger partial charge in [0.15, 0.2) is 0 Å². The number of carbonyl (C=O) groups excluding carboxylic acids is 1. The maximum Gasteiger partial charge on any atom is 0.348 e. The molecule has 1 aliphatic rings. The molecule has 0 spiro atoms. The fraction of sp³-hybridized carbons (Fsp3) is 0.500. The van der Waals surface area contributed by atoms with Crippen molar-refractivity contribution >= 4 is 17.3 Å². The van der Waals surface area contributed by atoms with Crippen molar-refractivity contribution in [2.45, 2.75) is 52.6 Å². The highest BCUT2D eigenvalue weighted by Crippen LogP contribution is 2.29. The molecule has 21 heavy (non-hydrogen) atoms. The van der Waals surface area contributed by atoms with Gasteiger partial charge < -0.3 is 9.26 Å². The molecule has 0 unspecified atom stereocenters. The molecule has 0 amide bonds. The quantitative estimate of drug-likeness (QED) is 0.636. The Morgan fingerprint density at radius 1 is 1.33 bits per heavy atom. The van der Waals surface area contributed by atoms with E-state index in [1.165, 1.54) is 29.7 Å². The molecule has 0 atom stereocenters. The lowest BCUT2D eigenvalue weighted by Crippen LogP contribution is -2.04. The van der Waals surface area contributed by atoms with E-state index < -0.39 is 0 Å². The van der Waals surface area contributed by atoms with Gasteiger partial charge >= 0.3 is 5.97 Å². The summed E-state index contributed by atoms with van der Waals surface area (Å²) in [6, 6.07) is 2.01. The van der Waals surface area contributed by atoms with E-state index in [0.29, 0.717) is 10.6 Å². The molecule has 5 heteroatoms. The molecule has 0 aromatic carbocycles. The minimum absolute atomic E-state index is 0.225. The van der Waals surface area contributed by atoms with Gasteiger partial charge in [0.1, 0.15) is 17.2 Å². The van der Waals surface area contributed by atoms with Gasteiger partial charge in [0.25, 0.3) is 0 Å². The second kappa shape index (κ2) is 6.02. The third kappa shape index (κ3) is 3.02. The molecule has 0 saturated heterocycles. The van der Waals surface area contributed by atoms with Gasteiger partial charge in [-0.2, -0.15) is 0 Å². The van der Waals surface area contributed by atoms with Gasteiger partial charge in [-0.1, -0.05) is 11.6 Å². The number of aryl methyl sites for hydroxylation is 4. The van der Waals surface area contributed by atoms with Crippen LogP contribution in [0, 0.1) is 13.8 Å². The fourth-order valence-corrected chi connectivity index (χ4v) is 3.83. The molecule has 0 aliphatic heterocycles. The highest BCUT2D eigenvalue weighted by molar-refractivity contribution is 7.14. The number of esters is 1. The van der Waals surface area contributed by atoms with E-state index in [2.05, 4.69) is 5.16 Å². The van der Waals surface area contributed by atoms with Crippen LogP contribution >= 0.6 is 11.3 Å². The molecule has 2 aromatic rings. The number of hydrogen-bond donors (Lipinski definition) is 0. The topological polar surface area (TPSA) is 52.3 Å². The maximum absolute atomic E-state index is 12.2. The monoisotopic (exact) mass is 305 g/mol. The molecule has 4 nitrogen and oxygen atoms in total. The van der Waals surface area contributed by atoms with Gasteiger partial charge in [-0.15, -0.1) is 11.3 Å². The van der Waals surface area contributed by atoms with Crippen molar-refractivity contribution in [1.29, 1.82) is 0 Å². The molecule has 2 heterocycles. The first-order valence-electron chi connectivity index (χ1n) is 7.35. The summed E-state index contributed by atoms with van der Waals surface area (Å²) in [5.74, 6) is 0.468. The number of hydrogen-bond acceptors (Lipinski definition) is 5. The fourth-order valence-electron chi connectivity index (χ4n) is 2.68. The predicted molar refractivity (Wildman–Crippen MR) is 80.7 cm³/mol. The van der Waals surface area contributed by atoms with E-state index in [4.69, 9.17) is 9.26 Å². The Labute approximate surface area is 128 Å². The van der Waals surface area contributed by atoms with Crippen molar-refractivity contribution in [1.82, 2.24) is 5.16 Å². The van der Waals surface area contributed by atoms with Gasteiger partial charge in [0.05, 0.1) is 11.3 Å². The van der Waals surface area contributed by atoms with Crippen molar-refractivity contribution in [3.8, 4) is 0 Å². The molecule has 0 radical (unpaired) electrons. The molecule has 2 aromatic heterocycles. The number of nitrogens with zero attached hydrogens (tertiary/aromatic N) is 1. The van der Waals surface area contributed by atoms with Gasteiger partial charge in [-0.05, 0) is 51.2 Å². The highest BCUT2D eigenvalue weighted by Gasteiger charge is 2.18. The van der Waals surface area contributed by atoms with Crippen molar-refractivity contribution in [2.75, 3.05) is 0 Å². The minimum Gasteiger partial charge on any atom is -0.456 e. The third-order valence-corrected chi connectivity index (χ3v) is 5.19. The second-order valence-corrected chi connectivity index (χ2v) is 6.64. The number of thiophene rings is 1. The van der Waals surface area contributed by atoms with E-state index in [9.17, 15) is 4.79 Å². The normalized spacial score (nSPS) is 14.6. The smallest absolute Gasteiger partial charge is 0.348 e. The van der Waals surface area contributed by atoms with E-state index in [1.54, 1.807) is 11.3 Å². The largest absolute Gasteiger partial charge is 0.456 e. The van der Waals surface area contributed by atoms with Crippen LogP contribution in [0.5, 0.6) is 0 Å². The Bertz CT molecular complexity index is 614. The van der Waals surface area contributed by atoms with Crippen LogP contribution in [0.15, 0.2) is 10.6 Å².